The van der Waals surface area contributed by atoms with Gasteiger partial charge in [-0.15, -0.1) is 0 Å². The monoisotopic (exact) mass is 408 g/mol. The van der Waals surface area contributed by atoms with Crippen molar-refractivity contribution >= 4 is 29.1 Å². The van der Waals surface area contributed by atoms with Crippen molar-refractivity contribution < 1.29 is 9.59 Å². The molecule has 2 aromatic rings. The van der Waals surface area contributed by atoms with Gasteiger partial charge in [-0.3, -0.25) is 9.59 Å². The second kappa shape index (κ2) is 8.94. The Balaban J connectivity index is 1.84. The number of carbonyl (C=O) groups excluding carboxylic acids is 2. The van der Waals surface area contributed by atoms with Gasteiger partial charge >= 0.3 is 0 Å². The summed E-state index contributed by atoms with van der Waals surface area (Å²) >= 11 is 0. The molecule has 1 saturated carbocycles. The molecule has 1 aliphatic carbocycles. The predicted octanol–water partition coefficient (Wildman–Crippen LogP) is 2.53. The van der Waals surface area contributed by atoms with Crippen LogP contribution in [0.15, 0.2) is 43.1 Å². The Morgan fingerprint density at radius 2 is 2.10 bits per heavy atom. The summed E-state index contributed by atoms with van der Waals surface area (Å²) in [7, 11) is 1.95. The maximum absolute atomic E-state index is 11.9. The van der Waals surface area contributed by atoms with E-state index in [1.54, 1.807) is 6.20 Å². The number of rotatable bonds is 7. The number of carbonyl (C=O) groups is 2. The topological polar surface area (TPSA) is 113 Å². The van der Waals surface area contributed by atoms with Crippen LogP contribution in [-0.4, -0.2) is 40.9 Å². The Morgan fingerprint density at radius 3 is 2.77 bits per heavy atom. The number of primary amides is 1. The first-order chi connectivity index (χ1) is 14.3. The number of aromatic nitrogens is 2. The SMILES string of the molecule is C=CC(=O)NC1CC[C@@H](N(C)c2cnc(C(N)=O)c(Nc3cccc(C)c3)n2)[C@H]1C. The minimum atomic E-state index is -0.645. The van der Waals surface area contributed by atoms with Crippen LogP contribution in [-0.2, 0) is 4.79 Å². The van der Waals surface area contributed by atoms with Gasteiger partial charge in [0.1, 0.15) is 5.82 Å². The van der Waals surface area contributed by atoms with Crippen LogP contribution in [0.25, 0.3) is 0 Å². The Hall–Kier alpha value is -3.42. The average molecular weight is 409 g/mol. The smallest absolute Gasteiger partial charge is 0.271 e. The van der Waals surface area contributed by atoms with Crippen molar-refractivity contribution in [3.8, 4) is 0 Å². The van der Waals surface area contributed by atoms with Crippen molar-refractivity contribution in [2.24, 2.45) is 11.7 Å². The summed E-state index contributed by atoms with van der Waals surface area (Å²) in [5.74, 6) is 0.352. The molecular weight excluding hydrogens is 380 g/mol. The zero-order chi connectivity index (χ0) is 21.8. The highest BCUT2D eigenvalue weighted by Gasteiger charge is 2.36. The molecule has 1 aromatic carbocycles. The quantitative estimate of drug-likeness (QED) is 0.607. The third-order valence-corrected chi connectivity index (χ3v) is 5.66. The van der Waals surface area contributed by atoms with Crippen molar-refractivity contribution in [3.05, 3.63) is 54.4 Å². The molecule has 0 saturated heterocycles. The van der Waals surface area contributed by atoms with Crippen molar-refractivity contribution in [3.63, 3.8) is 0 Å². The molecule has 0 bridgehead atoms. The first-order valence-electron chi connectivity index (χ1n) is 9.96. The number of hydrogen-bond acceptors (Lipinski definition) is 6. The molecule has 1 aromatic heterocycles. The van der Waals surface area contributed by atoms with Gasteiger partial charge in [-0.1, -0.05) is 25.6 Å². The highest BCUT2D eigenvalue weighted by Crippen LogP contribution is 2.32. The average Bonchev–Trinajstić information content (AvgIpc) is 3.07. The number of benzene rings is 1. The fourth-order valence-corrected chi connectivity index (χ4v) is 3.98. The van der Waals surface area contributed by atoms with Gasteiger partial charge < -0.3 is 21.3 Å². The van der Waals surface area contributed by atoms with Crippen molar-refractivity contribution in [2.75, 3.05) is 17.3 Å². The van der Waals surface area contributed by atoms with E-state index in [2.05, 4.69) is 34.1 Å². The van der Waals surface area contributed by atoms with E-state index >= 15 is 0 Å². The molecular formula is C22H28N6O2. The van der Waals surface area contributed by atoms with Gasteiger partial charge in [-0.2, -0.15) is 0 Å². The predicted molar refractivity (Wildman–Crippen MR) is 118 cm³/mol. The van der Waals surface area contributed by atoms with Crippen LogP contribution in [0.1, 0.15) is 35.8 Å². The first-order valence-corrected chi connectivity index (χ1v) is 9.96. The molecule has 1 aliphatic rings. The molecule has 30 heavy (non-hydrogen) atoms. The number of aryl methyl sites for hydroxylation is 1. The van der Waals surface area contributed by atoms with E-state index < -0.39 is 5.91 Å². The van der Waals surface area contributed by atoms with Gasteiger partial charge in [0.2, 0.25) is 5.91 Å². The third-order valence-electron chi connectivity index (χ3n) is 5.66. The second-order valence-corrected chi connectivity index (χ2v) is 7.72. The third kappa shape index (κ3) is 4.59. The van der Waals surface area contributed by atoms with Crippen LogP contribution >= 0.6 is 0 Å². The first kappa shape index (κ1) is 21.3. The highest BCUT2D eigenvalue weighted by atomic mass is 16.2. The highest BCUT2D eigenvalue weighted by molar-refractivity contribution is 5.96. The molecule has 158 valence electrons. The summed E-state index contributed by atoms with van der Waals surface area (Å²) in [6, 6.07) is 7.99. The summed E-state index contributed by atoms with van der Waals surface area (Å²) in [5.41, 5.74) is 7.47. The van der Waals surface area contributed by atoms with Gasteiger partial charge in [0.05, 0.1) is 6.20 Å². The Labute approximate surface area is 176 Å². The lowest BCUT2D eigenvalue weighted by molar-refractivity contribution is -0.117. The molecule has 1 unspecified atom stereocenters. The van der Waals surface area contributed by atoms with Crippen LogP contribution in [0, 0.1) is 12.8 Å². The van der Waals surface area contributed by atoms with E-state index in [9.17, 15) is 9.59 Å². The van der Waals surface area contributed by atoms with Crippen LogP contribution < -0.4 is 21.3 Å². The minimum Gasteiger partial charge on any atom is -0.364 e. The molecule has 8 nitrogen and oxygen atoms in total. The zero-order valence-electron chi connectivity index (χ0n) is 17.6. The Bertz CT molecular complexity index is 960. The van der Waals surface area contributed by atoms with Gasteiger partial charge in [0.25, 0.3) is 5.91 Å². The van der Waals surface area contributed by atoms with Gasteiger partial charge in [-0.25, -0.2) is 9.97 Å². The number of anilines is 3. The van der Waals surface area contributed by atoms with Gasteiger partial charge in [0.15, 0.2) is 11.5 Å². The summed E-state index contributed by atoms with van der Waals surface area (Å²) in [6.07, 6.45) is 4.63. The van der Waals surface area contributed by atoms with E-state index in [0.717, 1.165) is 24.1 Å². The lowest BCUT2D eigenvalue weighted by Crippen LogP contribution is -2.42. The summed E-state index contributed by atoms with van der Waals surface area (Å²) in [5, 5.41) is 6.16. The fraction of sp³-hybridized carbons (Fsp3) is 0.364. The molecule has 1 fully saturated rings. The van der Waals surface area contributed by atoms with Crippen LogP contribution in [0.2, 0.25) is 0 Å². The lowest BCUT2D eigenvalue weighted by Gasteiger charge is -2.30. The molecule has 3 rings (SSSR count). The van der Waals surface area contributed by atoms with Crippen LogP contribution in [0.3, 0.4) is 0 Å². The molecule has 0 aliphatic heterocycles. The molecule has 1 heterocycles. The van der Waals surface area contributed by atoms with E-state index in [4.69, 9.17) is 5.73 Å². The summed E-state index contributed by atoms with van der Waals surface area (Å²) < 4.78 is 0. The van der Waals surface area contributed by atoms with Crippen LogP contribution in [0.5, 0.6) is 0 Å². The van der Waals surface area contributed by atoms with Gasteiger partial charge in [-0.05, 0) is 49.5 Å². The molecule has 2 amide bonds. The van der Waals surface area contributed by atoms with Crippen molar-refractivity contribution in [2.45, 2.75) is 38.8 Å². The fourth-order valence-electron chi connectivity index (χ4n) is 3.98. The van der Waals surface area contributed by atoms with Gasteiger partial charge in [0, 0.05) is 24.8 Å². The zero-order valence-corrected chi connectivity index (χ0v) is 17.6. The minimum absolute atomic E-state index is 0.0747. The number of nitrogens with one attached hydrogen (secondary N) is 2. The Kier molecular flexibility index (Phi) is 6.34. The lowest BCUT2D eigenvalue weighted by atomic mass is 10.0. The van der Waals surface area contributed by atoms with Crippen LogP contribution in [0.4, 0.5) is 17.3 Å². The maximum atomic E-state index is 11.9. The molecule has 3 atom stereocenters. The van der Waals surface area contributed by atoms with E-state index in [-0.39, 0.29) is 29.6 Å². The molecule has 4 N–H and O–H groups in total. The van der Waals surface area contributed by atoms with E-state index in [0.29, 0.717) is 11.6 Å². The summed E-state index contributed by atoms with van der Waals surface area (Å²) in [4.78, 5) is 34.5. The van der Waals surface area contributed by atoms with E-state index in [1.165, 1.54) is 6.08 Å². The molecule has 0 spiro atoms. The maximum Gasteiger partial charge on any atom is 0.271 e. The number of hydrogen-bond donors (Lipinski definition) is 3. The number of amides is 2. The second-order valence-electron chi connectivity index (χ2n) is 7.72. The summed E-state index contributed by atoms with van der Waals surface area (Å²) in [6.45, 7) is 7.61. The van der Waals surface area contributed by atoms with Crippen molar-refractivity contribution in [1.82, 2.24) is 15.3 Å². The normalized spacial score (nSPS) is 20.4. The largest absolute Gasteiger partial charge is 0.364 e. The van der Waals surface area contributed by atoms with Crippen molar-refractivity contribution in [1.29, 1.82) is 0 Å². The number of nitrogens with zero attached hydrogens (tertiary/aromatic N) is 3. The standard InChI is InChI=1S/C22H28N6O2/c1-5-19(29)26-16-9-10-17(14(16)3)28(4)18-12-24-20(21(23)30)22(27-18)25-15-8-6-7-13(2)11-15/h5-8,11-12,14,16-17H,1,9-10H2,2-4H3,(H2,23,30)(H,25,27)(H,26,29)/t14-,16?,17+/m0/s1. The molecule has 0 radical (unpaired) electrons. The molecule has 8 heteroatoms. The Morgan fingerprint density at radius 1 is 1.33 bits per heavy atom. The number of nitrogens with two attached hydrogens (primary N) is 1. The van der Waals surface area contributed by atoms with E-state index in [1.807, 2.05) is 43.1 Å².